The Balaban J connectivity index is 0.00000176. The number of aryl methyl sites for hydroxylation is 1. The molecule has 3 heterocycles. The highest BCUT2D eigenvalue weighted by atomic mass is 35.5. The van der Waals surface area contributed by atoms with E-state index in [1.165, 1.54) is 4.68 Å². The first-order chi connectivity index (χ1) is 10.2. The molecule has 7 heteroatoms. The van der Waals surface area contributed by atoms with Crippen molar-refractivity contribution in [2.75, 3.05) is 31.3 Å². The third-order valence-electron chi connectivity index (χ3n) is 3.58. The lowest BCUT2D eigenvalue weighted by Crippen LogP contribution is -3.00. The molecule has 118 valence electrons. The van der Waals surface area contributed by atoms with Gasteiger partial charge in [0.05, 0.1) is 26.3 Å². The summed E-state index contributed by atoms with van der Waals surface area (Å²) in [6.07, 6.45) is 3.65. The highest BCUT2D eigenvalue weighted by Gasteiger charge is 2.24. The number of hydrogen-bond acceptors (Lipinski definition) is 4. The van der Waals surface area contributed by atoms with Gasteiger partial charge in [-0.1, -0.05) is 6.07 Å². The number of aromatic nitrogens is 2. The molecule has 1 aliphatic heterocycles. The number of halogens is 1. The Kier molecular flexibility index (Phi) is 5.05. The van der Waals surface area contributed by atoms with Gasteiger partial charge in [0.25, 0.3) is 5.69 Å². The maximum atomic E-state index is 12.8. The van der Waals surface area contributed by atoms with Crippen molar-refractivity contribution in [3.05, 3.63) is 52.6 Å². The monoisotopic (exact) mass is 323 g/mol. The number of rotatable bonds is 2. The maximum Gasteiger partial charge on any atom is 0.344 e. The molecule has 3 rings (SSSR count). The van der Waals surface area contributed by atoms with E-state index in [4.69, 9.17) is 4.74 Å². The third-order valence-corrected chi connectivity index (χ3v) is 3.58. The maximum absolute atomic E-state index is 12.8. The van der Waals surface area contributed by atoms with Crippen LogP contribution in [0.1, 0.15) is 5.56 Å². The molecule has 2 aromatic heterocycles. The zero-order valence-corrected chi connectivity index (χ0v) is 13.0. The van der Waals surface area contributed by atoms with Crippen molar-refractivity contribution in [3.8, 4) is 11.6 Å². The largest absolute Gasteiger partial charge is 1.00 e. The quantitative estimate of drug-likeness (QED) is 0.603. The normalized spacial score (nSPS) is 14.5. The summed E-state index contributed by atoms with van der Waals surface area (Å²) in [5.41, 5.74) is 1.05. The van der Waals surface area contributed by atoms with E-state index in [1.54, 1.807) is 10.6 Å². The first kappa shape index (κ1) is 16.3. The van der Waals surface area contributed by atoms with Crippen LogP contribution in [0, 0.1) is 6.92 Å². The van der Waals surface area contributed by atoms with Gasteiger partial charge in [-0.2, -0.15) is 9.24 Å². The van der Waals surface area contributed by atoms with E-state index in [0.29, 0.717) is 32.0 Å². The van der Waals surface area contributed by atoms with Crippen molar-refractivity contribution >= 4 is 0 Å². The molecule has 1 N–H and O–H groups in total. The summed E-state index contributed by atoms with van der Waals surface area (Å²) < 4.78 is 8.41. The molecule has 0 aromatic carbocycles. The van der Waals surface area contributed by atoms with E-state index >= 15 is 0 Å². The topological polar surface area (TPSA) is 58.6 Å². The Labute approximate surface area is 134 Å². The number of pyridine rings is 2. The summed E-state index contributed by atoms with van der Waals surface area (Å²) in [6, 6.07) is 7.24. The number of hydrogen-bond donors (Lipinski definition) is 1. The van der Waals surface area contributed by atoms with Crippen LogP contribution in [0.2, 0.25) is 0 Å². The lowest BCUT2D eigenvalue weighted by Gasteiger charge is -2.30. The van der Waals surface area contributed by atoms with E-state index in [9.17, 15) is 9.90 Å². The summed E-state index contributed by atoms with van der Waals surface area (Å²) in [5.74, 6) is -0.0420. The second-order valence-electron chi connectivity index (χ2n) is 5.00. The molecule has 0 atom stereocenters. The second-order valence-corrected chi connectivity index (χ2v) is 5.00. The van der Waals surface area contributed by atoms with E-state index in [0.717, 1.165) is 5.56 Å². The molecular weight excluding hydrogens is 306 g/mol. The smallest absolute Gasteiger partial charge is 0.344 e. The van der Waals surface area contributed by atoms with Gasteiger partial charge in [-0.3, -0.25) is 4.79 Å². The first-order valence-electron chi connectivity index (χ1n) is 6.94. The number of aromatic hydroxyl groups is 1. The van der Waals surface area contributed by atoms with Gasteiger partial charge < -0.3 is 27.3 Å². The van der Waals surface area contributed by atoms with Gasteiger partial charge in [0, 0.05) is 23.8 Å². The van der Waals surface area contributed by atoms with Gasteiger partial charge in [0.15, 0.2) is 12.4 Å². The fourth-order valence-electron chi connectivity index (χ4n) is 2.59. The van der Waals surface area contributed by atoms with Gasteiger partial charge in [-0.15, -0.1) is 0 Å². The van der Waals surface area contributed by atoms with Crippen LogP contribution >= 0.6 is 0 Å². The van der Waals surface area contributed by atoms with Gasteiger partial charge in [0.2, 0.25) is 5.88 Å². The van der Waals surface area contributed by atoms with Crippen LogP contribution < -0.4 is 27.5 Å². The Hall–Kier alpha value is -2.05. The Morgan fingerprint density at radius 2 is 1.82 bits per heavy atom. The van der Waals surface area contributed by atoms with Crippen LogP contribution in [0.15, 0.2) is 41.5 Å². The third kappa shape index (κ3) is 2.93. The molecule has 1 fully saturated rings. The van der Waals surface area contributed by atoms with E-state index in [2.05, 4.69) is 0 Å². The predicted molar refractivity (Wildman–Crippen MR) is 77.4 cm³/mol. The average Bonchev–Trinajstić information content (AvgIpc) is 2.49. The van der Waals surface area contributed by atoms with Crippen molar-refractivity contribution in [1.82, 2.24) is 4.68 Å². The SMILES string of the molecule is Cc1cc(O)n(N2CCOCC2)c(=O)c1-[n+]1ccccc1.[Cl-]. The van der Waals surface area contributed by atoms with Crippen LogP contribution in [0.25, 0.3) is 5.69 Å². The summed E-state index contributed by atoms with van der Waals surface area (Å²) in [7, 11) is 0. The van der Waals surface area contributed by atoms with Crippen molar-refractivity contribution in [2.24, 2.45) is 0 Å². The molecule has 1 aliphatic rings. The van der Waals surface area contributed by atoms with Gasteiger partial charge >= 0.3 is 5.56 Å². The standard InChI is InChI=1S/C15H17N3O3.ClH/c1-12-11-13(19)18(17-7-9-21-10-8-17)15(20)14(12)16-5-3-2-4-6-16;/h2-6,11H,7-10H2,1H3;1H. The van der Waals surface area contributed by atoms with E-state index in [1.807, 2.05) is 42.5 Å². The van der Waals surface area contributed by atoms with Crippen LogP contribution in [-0.4, -0.2) is 36.1 Å². The minimum Gasteiger partial charge on any atom is -1.00 e. The van der Waals surface area contributed by atoms with Gasteiger partial charge in [-0.25, -0.2) is 0 Å². The molecule has 22 heavy (non-hydrogen) atoms. The Bertz CT molecular complexity index is 697. The molecule has 0 amide bonds. The molecular formula is C15H18ClN3O3. The van der Waals surface area contributed by atoms with Crippen molar-refractivity contribution in [3.63, 3.8) is 0 Å². The highest BCUT2D eigenvalue weighted by Crippen LogP contribution is 2.13. The molecule has 0 bridgehead atoms. The summed E-state index contributed by atoms with van der Waals surface area (Å²) in [5, 5.41) is 12.0. The fourth-order valence-corrected chi connectivity index (χ4v) is 2.59. The van der Waals surface area contributed by atoms with Gasteiger partial charge in [0.1, 0.15) is 0 Å². The number of morpholine rings is 1. The zero-order chi connectivity index (χ0) is 14.8. The molecule has 1 saturated heterocycles. The van der Waals surface area contributed by atoms with E-state index in [-0.39, 0.29) is 23.8 Å². The summed E-state index contributed by atoms with van der Waals surface area (Å²) >= 11 is 0. The first-order valence-corrected chi connectivity index (χ1v) is 6.94. The molecule has 2 aromatic rings. The number of nitrogens with zero attached hydrogens (tertiary/aromatic N) is 3. The van der Waals surface area contributed by atoms with Crippen LogP contribution in [0.5, 0.6) is 5.88 Å². The number of ether oxygens (including phenoxy) is 1. The fraction of sp³-hybridized carbons (Fsp3) is 0.333. The molecule has 0 aliphatic carbocycles. The minimum atomic E-state index is -0.231. The Morgan fingerprint density at radius 1 is 1.18 bits per heavy atom. The summed E-state index contributed by atoms with van der Waals surface area (Å²) in [4.78, 5) is 12.8. The minimum absolute atomic E-state index is 0. The molecule has 0 unspecified atom stereocenters. The summed E-state index contributed by atoms with van der Waals surface area (Å²) in [6.45, 7) is 4.08. The van der Waals surface area contributed by atoms with Crippen molar-refractivity contribution in [2.45, 2.75) is 6.92 Å². The van der Waals surface area contributed by atoms with Crippen LogP contribution in [0.3, 0.4) is 0 Å². The molecule has 6 nitrogen and oxygen atoms in total. The van der Waals surface area contributed by atoms with Crippen molar-refractivity contribution in [1.29, 1.82) is 0 Å². The Morgan fingerprint density at radius 3 is 2.45 bits per heavy atom. The predicted octanol–water partition coefficient (Wildman–Crippen LogP) is -2.89. The van der Waals surface area contributed by atoms with Crippen molar-refractivity contribution < 1.29 is 26.8 Å². The molecule has 0 radical (unpaired) electrons. The van der Waals surface area contributed by atoms with Crippen LogP contribution in [0.4, 0.5) is 0 Å². The lowest BCUT2D eigenvalue weighted by molar-refractivity contribution is -0.597. The highest BCUT2D eigenvalue weighted by molar-refractivity contribution is 5.35. The average molecular weight is 324 g/mol. The zero-order valence-electron chi connectivity index (χ0n) is 12.3. The van der Waals surface area contributed by atoms with Gasteiger partial charge in [-0.05, 0) is 6.92 Å². The lowest BCUT2D eigenvalue weighted by atomic mass is 10.2. The van der Waals surface area contributed by atoms with Crippen LogP contribution in [-0.2, 0) is 4.74 Å². The molecule has 0 spiro atoms. The second kappa shape index (κ2) is 6.81. The van der Waals surface area contributed by atoms with E-state index < -0.39 is 0 Å². The molecule has 0 saturated carbocycles.